The van der Waals surface area contributed by atoms with Gasteiger partial charge in [-0.3, -0.25) is 4.90 Å². The van der Waals surface area contributed by atoms with Gasteiger partial charge in [-0.1, -0.05) is 12.1 Å². The summed E-state index contributed by atoms with van der Waals surface area (Å²) in [6, 6.07) is 6.69. The van der Waals surface area contributed by atoms with E-state index in [1.54, 1.807) is 0 Å². The van der Waals surface area contributed by atoms with E-state index < -0.39 is 0 Å². The molecule has 0 amide bonds. The second-order valence-electron chi connectivity index (χ2n) is 6.70. The average Bonchev–Trinajstić information content (AvgIpc) is 2.52. The van der Waals surface area contributed by atoms with Gasteiger partial charge in [0.1, 0.15) is 0 Å². The van der Waals surface area contributed by atoms with Crippen LogP contribution in [0.2, 0.25) is 0 Å². The fourth-order valence-electron chi connectivity index (χ4n) is 3.68. The molecule has 2 aliphatic heterocycles. The van der Waals surface area contributed by atoms with Crippen molar-refractivity contribution in [2.45, 2.75) is 26.7 Å². The predicted molar refractivity (Wildman–Crippen MR) is 97.4 cm³/mol. The SMILES string of the molecule is Cc1cccc(N2CCN(CC3CCNCC3)CC2)c1C.Cl. The van der Waals surface area contributed by atoms with Crippen LogP contribution < -0.4 is 10.2 Å². The van der Waals surface area contributed by atoms with E-state index in [0.29, 0.717) is 0 Å². The second-order valence-corrected chi connectivity index (χ2v) is 6.70. The third-order valence-electron chi connectivity index (χ3n) is 5.26. The fourth-order valence-corrected chi connectivity index (χ4v) is 3.68. The van der Waals surface area contributed by atoms with Crippen LogP contribution in [0, 0.1) is 19.8 Å². The van der Waals surface area contributed by atoms with Crippen LogP contribution in [0.25, 0.3) is 0 Å². The topological polar surface area (TPSA) is 18.5 Å². The standard InChI is InChI=1S/C18H29N3.ClH/c1-15-4-3-5-18(16(15)2)21-12-10-20(11-13-21)14-17-6-8-19-9-7-17;/h3-5,17,19H,6-14H2,1-2H3;1H. The fraction of sp³-hybridized carbons (Fsp3) is 0.667. The van der Waals surface area contributed by atoms with Gasteiger partial charge >= 0.3 is 0 Å². The number of benzene rings is 1. The molecule has 0 unspecified atom stereocenters. The van der Waals surface area contributed by atoms with E-state index in [-0.39, 0.29) is 12.4 Å². The highest BCUT2D eigenvalue weighted by Crippen LogP contribution is 2.24. The molecule has 2 aliphatic rings. The maximum Gasteiger partial charge on any atom is 0.0399 e. The third-order valence-corrected chi connectivity index (χ3v) is 5.26. The summed E-state index contributed by atoms with van der Waals surface area (Å²) in [5.74, 6) is 0.915. The number of hydrogen-bond donors (Lipinski definition) is 1. The number of rotatable bonds is 3. The summed E-state index contributed by atoms with van der Waals surface area (Å²) >= 11 is 0. The lowest BCUT2D eigenvalue weighted by Crippen LogP contribution is -2.48. The summed E-state index contributed by atoms with van der Waals surface area (Å²) in [6.07, 6.45) is 2.72. The number of nitrogens with zero attached hydrogens (tertiary/aromatic N) is 2. The Hall–Kier alpha value is -0.770. The number of aryl methyl sites for hydroxylation is 1. The van der Waals surface area contributed by atoms with Crippen molar-refractivity contribution < 1.29 is 0 Å². The van der Waals surface area contributed by atoms with Crippen molar-refractivity contribution in [2.75, 3.05) is 50.7 Å². The van der Waals surface area contributed by atoms with E-state index in [9.17, 15) is 0 Å². The number of piperidine rings is 1. The molecule has 0 spiro atoms. The van der Waals surface area contributed by atoms with Crippen molar-refractivity contribution in [3.63, 3.8) is 0 Å². The van der Waals surface area contributed by atoms with E-state index >= 15 is 0 Å². The molecular formula is C18H30ClN3. The van der Waals surface area contributed by atoms with Gasteiger partial charge in [-0.25, -0.2) is 0 Å². The number of anilines is 1. The van der Waals surface area contributed by atoms with Gasteiger partial charge in [0.25, 0.3) is 0 Å². The van der Waals surface area contributed by atoms with Gasteiger partial charge in [0, 0.05) is 38.4 Å². The molecule has 0 saturated carbocycles. The van der Waals surface area contributed by atoms with E-state index in [2.05, 4.69) is 47.2 Å². The average molecular weight is 324 g/mol. The molecule has 2 fully saturated rings. The zero-order valence-electron chi connectivity index (χ0n) is 14.0. The molecule has 1 aromatic rings. The van der Waals surface area contributed by atoms with Crippen molar-refractivity contribution in [1.82, 2.24) is 10.2 Å². The van der Waals surface area contributed by atoms with Gasteiger partial charge in [-0.15, -0.1) is 12.4 Å². The Balaban J connectivity index is 0.00000176. The van der Waals surface area contributed by atoms with Crippen LogP contribution in [0.15, 0.2) is 18.2 Å². The first-order valence-corrected chi connectivity index (χ1v) is 8.48. The van der Waals surface area contributed by atoms with Crippen LogP contribution in [-0.2, 0) is 0 Å². The maximum atomic E-state index is 3.47. The first-order valence-electron chi connectivity index (χ1n) is 8.48. The molecule has 1 aromatic carbocycles. The number of nitrogens with one attached hydrogen (secondary N) is 1. The highest BCUT2D eigenvalue weighted by Gasteiger charge is 2.22. The van der Waals surface area contributed by atoms with E-state index in [4.69, 9.17) is 0 Å². The molecule has 4 heteroatoms. The Bertz CT molecular complexity index is 463. The summed E-state index contributed by atoms with van der Waals surface area (Å²) in [4.78, 5) is 5.25. The molecule has 0 aliphatic carbocycles. The number of piperazine rings is 1. The van der Waals surface area contributed by atoms with Gasteiger partial charge in [-0.2, -0.15) is 0 Å². The van der Waals surface area contributed by atoms with Crippen molar-refractivity contribution in [3.8, 4) is 0 Å². The minimum absolute atomic E-state index is 0. The summed E-state index contributed by atoms with van der Waals surface area (Å²) in [6.45, 7) is 13.0. The molecule has 0 bridgehead atoms. The Morgan fingerprint density at radius 2 is 1.73 bits per heavy atom. The lowest BCUT2D eigenvalue weighted by molar-refractivity contribution is 0.196. The molecule has 124 valence electrons. The van der Waals surface area contributed by atoms with Crippen LogP contribution in [0.1, 0.15) is 24.0 Å². The highest BCUT2D eigenvalue weighted by molar-refractivity contribution is 5.85. The summed E-state index contributed by atoms with van der Waals surface area (Å²) in [5, 5.41) is 3.47. The monoisotopic (exact) mass is 323 g/mol. The van der Waals surface area contributed by atoms with E-state index in [1.807, 2.05) is 0 Å². The highest BCUT2D eigenvalue weighted by atomic mass is 35.5. The molecule has 22 heavy (non-hydrogen) atoms. The lowest BCUT2D eigenvalue weighted by Gasteiger charge is -2.39. The summed E-state index contributed by atoms with van der Waals surface area (Å²) in [7, 11) is 0. The molecule has 0 radical (unpaired) electrons. The van der Waals surface area contributed by atoms with Crippen LogP contribution in [0.4, 0.5) is 5.69 Å². The van der Waals surface area contributed by atoms with Crippen LogP contribution >= 0.6 is 12.4 Å². The van der Waals surface area contributed by atoms with Gasteiger partial charge < -0.3 is 10.2 Å². The quantitative estimate of drug-likeness (QED) is 0.922. The van der Waals surface area contributed by atoms with E-state index in [1.165, 1.54) is 75.5 Å². The van der Waals surface area contributed by atoms with E-state index in [0.717, 1.165) is 5.92 Å². The molecule has 2 heterocycles. The zero-order valence-corrected chi connectivity index (χ0v) is 14.8. The lowest BCUT2D eigenvalue weighted by atomic mass is 9.97. The normalized spacial score (nSPS) is 20.7. The molecule has 3 rings (SSSR count). The van der Waals surface area contributed by atoms with Gasteiger partial charge in [-0.05, 0) is 62.9 Å². The van der Waals surface area contributed by atoms with Crippen molar-refractivity contribution in [1.29, 1.82) is 0 Å². The molecule has 2 saturated heterocycles. The third kappa shape index (κ3) is 4.15. The molecule has 3 nitrogen and oxygen atoms in total. The molecule has 0 atom stereocenters. The van der Waals surface area contributed by atoms with Gasteiger partial charge in [0.15, 0.2) is 0 Å². The molecule has 1 N–H and O–H groups in total. The predicted octanol–water partition coefficient (Wildman–Crippen LogP) is 2.85. The summed E-state index contributed by atoms with van der Waals surface area (Å²) < 4.78 is 0. The van der Waals surface area contributed by atoms with Crippen LogP contribution in [0.5, 0.6) is 0 Å². The minimum atomic E-state index is 0. The Morgan fingerprint density at radius 3 is 2.41 bits per heavy atom. The first kappa shape index (κ1) is 17.6. The first-order chi connectivity index (χ1) is 10.2. The Morgan fingerprint density at radius 1 is 1.05 bits per heavy atom. The number of halogens is 1. The van der Waals surface area contributed by atoms with Crippen molar-refractivity contribution in [3.05, 3.63) is 29.3 Å². The Labute approximate surface area is 141 Å². The number of hydrogen-bond acceptors (Lipinski definition) is 3. The smallest absolute Gasteiger partial charge is 0.0399 e. The van der Waals surface area contributed by atoms with Crippen LogP contribution in [0.3, 0.4) is 0 Å². The minimum Gasteiger partial charge on any atom is -0.369 e. The molecular weight excluding hydrogens is 294 g/mol. The summed E-state index contributed by atoms with van der Waals surface area (Å²) in [5.41, 5.74) is 4.30. The van der Waals surface area contributed by atoms with Gasteiger partial charge in [0.2, 0.25) is 0 Å². The zero-order chi connectivity index (χ0) is 14.7. The maximum absolute atomic E-state index is 3.47. The molecule has 0 aromatic heterocycles. The van der Waals surface area contributed by atoms with Crippen molar-refractivity contribution in [2.24, 2.45) is 5.92 Å². The van der Waals surface area contributed by atoms with Crippen LogP contribution in [-0.4, -0.2) is 50.7 Å². The largest absolute Gasteiger partial charge is 0.369 e. The Kier molecular flexibility index (Phi) is 6.54. The second kappa shape index (κ2) is 8.19. The van der Waals surface area contributed by atoms with Gasteiger partial charge in [0.05, 0.1) is 0 Å². The van der Waals surface area contributed by atoms with Crippen molar-refractivity contribution >= 4 is 18.1 Å².